The summed E-state index contributed by atoms with van der Waals surface area (Å²) in [7, 11) is 0. The predicted octanol–water partition coefficient (Wildman–Crippen LogP) is 3.57. The molecule has 2 rings (SSSR count). The zero-order valence-corrected chi connectivity index (χ0v) is 12.0. The highest BCUT2D eigenvalue weighted by Crippen LogP contribution is 2.25. The van der Waals surface area contributed by atoms with Crippen LogP contribution < -0.4 is 0 Å². The maximum Gasteiger partial charge on any atom is 0.163 e. The summed E-state index contributed by atoms with van der Waals surface area (Å²) in [5, 5.41) is 7.63. The van der Waals surface area contributed by atoms with Crippen LogP contribution in [0.3, 0.4) is 0 Å². The van der Waals surface area contributed by atoms with Crippen molar-refractivity contribution in [3.63, 3.8) is 0 Å². The van der Waals surface area contributed by atoms with Gasteiger partial charge in [-0.15, -0.1) is 18.3 Å². The van der Waals surface area contributed by atoms with E-state index in [9.17, 15) is 0 Å². The highest BCUT2D eigenvalue weighted by Gasteiger charge is 2.11. The molecule has 0 radical (unpaired) electrons. The minimum absolute atomic E-state index is 0.305. The fourth-order valence-electron chi connectivity index (χ4n) is 1.80. The highest BCUT2D eigenvalue weighted by atomic mass is 32.2. The molecule has 1 N–H and O–H groups in total. The number of hydrogen-bond acceptors (Lipinski definition) is 3. The van der Waals surface area contributed by atoms with Gasteiger partial charge in [-0.1, -0.05) is 36.4 Å². The Bertz CT molecular complexity index is 507. The molecule has 1 atom stereocenters. The second-order valence-electron chi connectivity index (χ2n) is 4.39. The van der Waals surface area contributed by atoms with Gasteiger partial charge in [-0.25, -0.2) is 4.98 Å². The van der Waals surface area contributed by atoms with Crippen molar-refractivity contribution in [1.82, 2.24) is 15.2 Å². The van der Waals surface area contributed by atoms with Crippen molar-refractivity contribution in [3.05, 3.63) is 60.2 Å². The lowest BCUT2D eigenvalue weighted by atomic mass is 10.1. The SMILES string of the molecule is C=CCS[C@@H](C)c1n[nH]c(CCc2ccccc2)n1. The number of hydrogen-bond donors (Lipinski definition) is 1. The van der Waals surface area contributed by atoms with Gasteiger partial charge in [-0.2, -0.15) is 5.10 Å². The van der Waals surface area contributed by atoms with Crippen molar-refractivity contribution in [2.45, 2.75) is 25.0 Å². The lowest BCUT2D eigenvalue weighted by Crippen LogP contribution is -1.95. The summed E-state index contributed by atoms with van der Waals surface area (Å²) < 4.78 is 0. The molecule has 0 saturated heterocycles. The number of nitrogens with one attached hydrogen (secondary N) is 1. The molecule has 19 heavy (non-hydrogen) atoms. The Labute approximate surface area is 118 Å². The summed E-state index contributed by atoms with van der Waals surface area (Å²) in [6.45, 7) is 5.85. The molecule has 0 spiro atoms. The first-order valence-corrected chi connectivity index (χ1v) is 7.52. The van der Waals surface area contributed by atoms with Crippen LogP contribution in [0.15, 0.2) is 43.0 Å². The number of nitrogens with zero attached hydrogens (tertiary/aromatic N) is 2. The monoisotopic (exact) mass is 273 g/mol. The van der Waals surface area contributed by atoms with Crippen LogP contribution in [0.4, 0.5) is 0 Å². The smallest absolute Gasteiger partial charge is 0.163 e. The largest absolute Gasteiger partial charge is 0.263 e. The first-order chi connectivity index (χ1) is 9.29. The number of aromatic amines is 1. The van der Waals surface area contributed by atoms with Crippen LogP contribution in [0.2, 0.25) is 0 Å². The van der Waals surface area contributed by atoms with Gasteiger partial charge < -0.3 is 0 Å². The molecule has 1 heterocycles. The van der Waals surface area contributed by atoms with Crippen molar-refractivity contribution < 1.29 is 0 Å². The zero-order valence-electron chi connectivity index (χ0n) is 11.2. The molecule has 3 nitrogen and oxygen atoms in total. The molecule has 0 fully saturated rings. The van der Waals surface area contributed by atoms with Crippen LogP contribution in [0.5, 0.6) is 0 Å². The molecule has 1 aromatic carbocycles. The van der Waals surface area contributed by atoms with E-state index in [0.717, 1.165) is 30.2 Å². The third kappa shape index (κ3) is 4.24. The molecule has 2 aromatic rings. The maximum absolute atomic E-state index is 4.56. The average molecular weight is 273 g/mol. The third-order valence-corrected chi connectivity index (χ3v) is 4.01. The molecular formula is C15H19N3S. The highest BCUT2D eigenvalue weighted by molar-refractivity contribution is 7.99. The fourth-order valence-corrected chi connectivity index (χ4v) is 2.48. The van der Waals surface area contributed by atoms with Gasteiger partial charge in [0.1, 0.15) is 5.82 Å². The molecule has 1 aromatic heterocycles. The van der Waals surface area contributed by atoms with Gasteiger partial charge in [-0.05, 0) is 18.9 Å². The Morgan fingerprint density at radius 1 is 1.32 bits per heavy atom. The Balaban J connectivity index is 1.88. The Kier molecular flexibility index (Phi) is 5.21. The van der Waals surface area contributed by atoms with E-state index in [2.05, 4.69) is 52.9 Å². The second kappa shape index (κ2) is 7.14. The molecule has 0 saturated carbocycles. The van der Waals surface area contributed by atoms with Crippen molar-refractivity contribution in [2.75, 3.05) is 5.75 Å². The summed E-state index contributed by atoms with van der Waals surface area (Å²) in [6.07, 6.45) is 3.80. The summed E-state index contributed by atoms with van der Waals surface area (Å²) in [6, 6.07) is 10.4. The Morgan fingerprint density at radius 2 is 2.11 bits per heavy atom. The number of aryl methyl sites for hydroxylation is 2. The van der Waals surface area contributed by atoms with Crippen molar-refractivity contribution in [1.29, 1.82) is 0 Å². The van der Waals surface area contributed by atoms with E-state index in [-0.39, 0.29) is 0 Å². The minimum atomic E-state index is 0.305. The second-order valence-corrected chi connectivity index (χ2v) is 5.76. The van der Waals surface area contributed by atoms with Gasteiger partial charge >= 0.3 is 0 Å². The first kappa shape index (κ1) is 13.9. The summed E-state index contributed by atoms with van der Waals surface area (Å²) in [5.41, 5.74) is 1.33. The third-order valence-electron chi connectivity index (χ3n) is 2.87. The predicted molar refractivity (Wildman–Crippen MR) is 81.3 cm³/mol. The zero-order chi connectivity index (χ0) is 13.5. The maximum atomic E-state index is 4.56. The minimum Gasteiger partial charge on any atom is -0.263 e. The van der Waals surface area contributed by atoms with Gasteiger partial charge in [-0.3, -0.25) is 5.10 Å². The molecule has 0 aliphatic heterocycles. The van der Waals surface area contributed by atoms with Crippen LogP contribution in [-0.4, -0.2) is 20.9 Å². The molecule has 0 bridgehead atoms. The molecule has 0 amide bonds. The standard InChI is InChI=1S/C15H19N3S/c1-3-11-19-12(2)15-16-14(17-18-15)10-9-13-7-5-4-6-8-13/h3-8,12H,1,9-11H2,2H3,(H,16,17,18)/t12-/m0/s1. The number of rotatable bonds is 7. The van der Waals surface area contributed by atoms with Crippen molar-refractivity contribution in [2.24, 2.45) is 0 Å². The topological polar surface area (TPSA) is 41.6 Å². The molecule has 4 heteroatoms. The lowest BCUT2D eigenvalue weighted by molar-refractivity contribution is 0.865. The van der Waals surface area contributed by atoms with E-state index in [1.165, 1.54) is 5.56 Å². The van der Waals surface area contributed by atoms with Crippen LogP contribution in [0, 0.1) is 0 Å². The average Bonchev–Trinajstić information content (AvgIpc) is 2.92. The van der Waals surface area contributed by atoms with Gasteiger partial charge in [0.25, 0.3) is 0 Å². The quantitative estimate of drug-likeness (QED) is 0.784. The first-order valence-electron chi connectivity index (χ1n) is 6.47. The van der Waals surface area contributed by atoms with Crippen molar-refractivity contribution >= 4 is 11.8 Å². The molecule has 100 valence electrons. The fraction of sp³-hybridized carbons (Fsp3) is 0.333. The van der Waals surface area contributed by atoms with Crippen LogP contribution in [0.1, 0.15) is 29.4 Å². The number of aromatic nitrogens is 3. The van der Waals surface area contributed by atoms with Crippen LogP contribution >= 0.6 is 11.8 Å². The molecule has 0 unspecified atom stereocenters. The molecule has 0 aliphatic carbocycles. The van der Waals surface area contributed by atoms with Crippen molar-refractivity contribution in [3.8, 4) is 0 Å². The van der Waals surface area contributed by atoms with Gasteiger partial charge in [0.05, 0.1) is 5.25 Å². The molecular weight excluding hydrogens is 254 g/mol. The van der Waals surface area contributed by atoms with E-state index in [4.69, 9.17) is 0 Å². The van der Waals surface area contributed by atoms with E-state index in [0.29, 0.717) is 5.25 Å². The number of thioether (sulfide) groups is 1. The molecule has 0 aliphatic rings. The number of benzene rings is 1. The van der Waals surface area contributed by atoms with E-state index in [1.807, 2.05) is 12.1 Å². The lowest BCUT2D eigenvalue weighted by Gasteiger charge is -2.03. The van der Waals surface area contributed by atoms with E-state index >= 15 is 0 Å². The number of H-pyrrole nitrogens is 1. The van der Waals surface area contributed by atoms with E-state index in [1.54, 1.807) is 11.8 Å². The Morgan fingerprint density at radius 3 is 2.84 bits per heavy atom. The summed E-state index contributed by atoms with van der Waals surface area (Å²) >= 11 is 1.79. The summed E-state index contributed by atoms with van der Waals surface area (Å²) in [5.74, 6) is 2.77. The summed E-state index contributed by atoms with van der Waals surface area (Å²) in [4.78, 5) is 4.56. The van der Waals surface area contributed by atoms with Gasteiger partial charge in [0.15, 0.2) is 5.82 Å². The normalized spacial score (nSPS) is 12.3. The van der Waals surface area contributed by atoms with Crippen LogP contribution in [-0.2, 0) is 12.8 Å². The van der Waals surface area contributed by atoms with Crippen LogP contribution in [0.25, 0.3) is 0 Å². The van der Waals surface area contributed by atoms with E-state index < -0.39 is 0 Å². The van der Waals surface area contributed by atoms with Gasteiger partial charge in [0, 0.05) is 12.2 Å². The Hall–Kier alpha value is -1.55. The van der Waals surface area contributed by atoms with Gasteiger partial charge in [0.2, 0.25) is 0 Å².